The van der Waals surface area contributed by atoms with Gasteiger partial charge in [-0.3, -0.25) is 10.1 Å². The molecule has 7 nitrogen and oxygen atoms in total. The van der Waals surface area contributed by atoms with E-state index in [0.29, 0.717) is 19.0 Å². The fourth-order valence-corrected chi connectivity index (χ4v) is 1.58. The molecule has 1 aromatic heterocycles. The van der Waals surface area contributed by atoms with E-state index in [-0.39, 0.29) is 23.3 Å². The standard InChI is InChI=1S/C14H22N4O3/c1-5-7-9-21-14-11(18(19)20)13(15-8-6-2)16-12(17-14)10(3)4/h6,10H,2,5,7-9H2,1,3-4H3,(H,15,16,17). The zero-order chi connectivity index (χ0) is 15.8. The van der Waals surface area contributed by atoms with Crippen LogP contribution in [0.3, 0.4) is 0 Å². The average Bonchev–Trinajstić information content (AvgIpc) is 2.44. The molecule has 21 heavy (non-hydrogen) atoms. The molecule has 1 aromatic rings. The van der Waals surface area contributed by atoms with Crippen molar-refractivity contribution in [2.45, 2.75) is 39.5 Å². The van der Waals surface area contributed by atoms with Gasteiger partial charge in [0.25, 0.3) is 5.88 Å². The van der Waals surface area contributed by atoms with Gasteiger partial charge in [-0.1, -0.05) is 33.3 Å². The summed E-state index contributed by atoms with van der Waals surface area (Å²) >= 11 is 0. The minimum Gasteiger partial charge on any atom is -0.473 e. The molecule has 1 N–H and O–H groups in total. The third-order valence-corrected chi connectivity index (χ3v) is 2.72. The van der Waals surface area contributed by atoms with Crippen molar-refractivity contribution in [1.82, 2.24) is 9.97 Å². The third kappa shape index (κ3) is 4.70. The van der Waals surface area contributed by atoms with Crippen molar-refractivity contribution in [1.29, 1.82) is 0 Å². The molecule has 0 bridgehead atoms. The van der Waals surface area contributed by atoms with Gasteiger partial charge in [0.05, 0.1) is 11.5 Å². The van der Waals surface area contributed by atoms with Crippen LogP contribution in [0, 0.1) is 10.1 Å². The molecule has 0 saturated carbocycles. The van der Waals surface area contributed by atoms with E-state index in [4.69, 9.17) is 4.74 Å². The van der Waals surface area contributed by atoms with Gasteiger partial charge in [0.1, 0.15) is 5.82 Å². The van der Waals surface area contributed by atoms with Crippen LogP contribution >= 0.6 is 0 Å². The summed E-state index contributed by atoms with van der Waals surface area (Å²) in [5, 5.41) is 14.2. The Labute approximate surface area is 124 Å². The number of rotatable bonds is 9. The Morgan fingerprint density at radius 3 is 2.71 bits per heavy atom. The van der Waals surface area contributed by atoms with Crippen LogP contribution in [-0.4, -0.2) is 28.0 Å². The maximum atomic E-state index is 11.3. The normalized spacial score (nSPS) is 10.5. The Hall–Kier alpha value is -2.18. The van der Waals surface area contributed by atoms with Crippen molar-refractivity contribution >= 4 is 11.5 Å². The number of nitrogens with one attached hydrogen (secondary N) is 1. The maximum absolute atomic E-state index is 11.3. The summed E-state index contributed by atoms with van der Waals surface area (Å²) in [6.45, 7) is 10.2. The highest BCUT2D eigenvalue weighted by atomic mass is 16.6. The van der Waals surface area contributed by atoms with E-state index >= 15 is 0 Å². The summed E-state index contributed by atoms with van der Waals surface area (Å²) < 4.78 is 5.49. The molecule has 0 amide bonds. The van der Waals surface area contributed by atoms with E-state index in [2.05, 4.69) is 21.9 Å². The van der Waals surface area contributed by atoms with Crippen LogP contribution in [0.5, 0.6) is 5.88 Å². The van der Waals surface area contributed by atoms with Crippen molar-refractivity contribution < 1.29 is 9.66 Å². The van der Waals surface area contributed by atoms with Crippen LogP contribution in [0.4, 0.5) is 11.5 Å². The van der Waals surface area contributed by atoms with Crippen molar-refractivity contribution in [3.8, 4) is 5.88 Å². The molecule has 0 fully saturated rings. The molecule has 0 unspecified atom stereocenters. The van der Waals surface area contributed by atoms with Gasteiger partial charge in [-0.05, 0) is 6.42 Å². The number of nitro groups is 1. The third-order valence-electron chi connectivity index (χ3n) is 2.72. The van der Waals surface area contributed by atoms with Crippen molar-refractivity contribution in [2.24, 2.45) is 0 Å². The van der Waals surface area contributed by atoms with Crippen LogP contribution in [0.15, 0.2) is 12.7 Å². The van der Waals surface area contributed by atoms with Crippen molar-refractivity contribution in [3.63, 3.8) is 0 Å². The van der Waals surface area contributed by atoms with Gasteiger partial charge in [0.15, 0.2) is 0 Å². The van der Waals surface area contributed by atoms with Gasteiger partial charge in [-0.2, -0.15) is 4.98 Å². The molecule has 0 spiro atoms. The van der Waals surface area contributed by atoms with E-state index in [9.17, 15) is 10.1 Å². The zero-order valence-electron chi connectivity index (χ0n) is 12.8. The van der Waals surface area contributed by atoms with Gasteiger partial charge in [-0.15, -0.1) is 6.58 Å². The van der Waals surface area contributed by atoms with Crippen LogP contribution in [0.2, 0.25) is 0 Å². The van der Waals surface area contributed by atoms with E-state index < -0.39 is 4.92 Å². The zero-order valence-corrected chi connectivity index (χ0v) is 12.8. The SMILES string of the molecule is C=CCNc1nc(C(C)C)nc(OCCCC)c1[N+](=O)[O-]. The highest BCUT2D eigenvalue weighted by Crippen LogP contribution is 2.33. The van der Waals surface area contributed by atoms with E-state index in [0.717, 1.165) is 12.8 Å². The maximum Gasteiger partial charge on any atom is 0.372 e. The summed E-state index contributed by atoms with van der Waals surface area (Å²) in [6, 6.07) is 0. The molecular formula is C14H22N4O3. The smallest absolute Gasteiger partial charge is 0.372 e. The quantitative estimate of drug-likeness (QED) is 0.325. The second-order valence-electron chi connectivity index (χ2n) is 4.87. The molecule has 0 radical (unpaired) electrons. The molecule has 7 heteroatoms. The summed E-state index contributed by atoms with van der Waals surface area (Å²) in [4.78, 5) is 19.2. The first kappa shape index (κ1) is 16.9. The topological polar surface area (TPSA) is 90.2 Å². The number of anilines is 1. The van der Waals surface area contributed by atoms with Gasteiger partial charge in [0.2, 0.25) is 5.82 Å². The molecule has 0 atom stereocenters. The van der Waals surface area contributed by atoms with Crippen LogP contribution in [-0.2, 0) is 0 Å². The lowest BCUT2D eigenvalue weighted by atomic mass is 10.2. The van der Waals surface area contributed by atoms with Gasteiger partial charge in [0, 0.05) is 12.5 Å². The summed E-state index contributed by atoms with van der Waals surface area (Å²) in [6.07, 6.45) is 3.36. The summed E-state index contributed by atoms with van der Waals surface area (Å²) in [5.41, 5.74) is -0.225. The number of hydrogen-bond acceptors (Lipinski definition) is 6. The first-order chi connectivity index (χ1) is 10.0. The molecule has 116 valence electrons. The lowest BCUT2D eigenvalue weighted by Crippen LogP contribution is -2.12. The van der Waals surface area contributed by atoms with E-state index in [1.807, 2.05) is 20.8 Å². The Bertz CT molecular complexity index is 503. The molecule has 0 aliphatic rings. The minimum atomic E-state index is -0.517. The van der Waals surface area contributed by atoms with Gasteiger partial charge in [-0.25, -0.2) is 4.98 Å². The lowest BCUT2D eigenvalue weighted by Gasteiger charge is -2.12. The molecule has 0 aliphatic carbocycles. The fourth-order valence-electron chi connectivity index (χ4n) is 1.58. The first-order valence-corrected chi connectivity index (χ1v) is 7.05. The van der Waals surface area contributed by atoms with E-state index in [1.54, 1.807) is 6.08 Å². The highest BCUT2D eigenvalue weighted by Gasteiger charge is 2.26. The second kappa shape index (κ2) is 8.18. The lowest BCUT2D eigenvalue weighted by molar-refractivity contribution is -0.385. The monoisotopic (exact) mass is 294 g/mol. The van der Waals surface area contributed by atoms with Crippen molar-refractivity contribution in [2.75, 3.05) is 18.5 Å². The molecule has 0 saturated heterocycles. The van der Waals surface area contributed by atoms with Crippen LogP contribution in [0.1, 0.15) is 45.4 Å². The van der Waals surface area contributed by atoms with Gasteiger partial charge >= 0.3 is 5.69 Å². The number of aromatic nitrogens is 2. The van der Waals surface area contributed by atoms with Crippen LogP contribution in [0.25, 0.3) is 0 Å². The second-order valence-corrected chi connectivity index (χ2v) is 4.87. The summed E-state index contributed by atoms with van der Waals surface area (Å²) in [5.74, 6) is 0.756. The minimum absolute atomic E-state index is 0.0266. The number of ether oxygens (including phenoxy) is 1. The largest absolute Gasteiger partial charge is 0.473 e. The predicted octanol–water partition coefficient (Wildman–Crippen LogP) is 3.29. The Morgan fingerprint density at radius 1 is 1.48 bits per heavy atom. The molecule has 0 aliphatic heterocycles. The van der Waals surface area contributed by atoms with Crippen LogP contribution < -0.4 is 10.1 Å². The average molecular weight is 294 g/mol. The Kier molecular flexibility index (Phi) is 6.58. The number of hydrogen-bond donors (Lipinski definition) is 1. The highest BCUT2D eigenvalue weighted by molar-refractivity contribution is 5.62. The number of unbranched alkanes of at least 4 members (excludes halogenated alkanes) is 1. The predicted molar refractivity (Wildman–Crippen MR) is 81.9 cm³/mol. The molecule has 0 aromatic carbocycles. The first-order valence-electron chi connectivity index (χ1n) is 7.05. The molecular weight excluding hydrogens is 272 g/mol. The Balaban J connectivity index is 3.24. The Morgan fingerprint density at radius 2 is 2.19 bits per heavy atom. The molecule has 1 heterocycles. The number of nitrogens with zero attached hydrogens (tertiary/aromatic N) is 3. The summed E-state index contributed by atoms with van der Waals surface area (Å²) in [7, 11) is 0. The van der Waals surface area contributed by atoms with Crippen molar-refractivity contribution in [3.05, 3.63) is 28.6 Å². The fraction of sp³-hybridized carbons (Fsp3) is 0.571. The molecule has 1 rings (SSSR count). The van der Waals surface area contributed by atoms with Gasteiger partial charge < -0.3 is 10.1 Å². The van der Waals surface area contributed by atoms with E-state index in [1.165, 1.54) is 0 Å².